The third kappa shape index (κ3) is 1.83. The van der Waals surface area contributed by atoms with Crippen molar-refractivity contribution in [2.75, 3.05) is 0 Å². The molecule has 0 unspecified atom stereocenters. The zero-order valence-corrected chi connectivity index (χ0v) is 10.6. The van der Waals surface area contributed by atoms with Gasteiger partial charge in [-0.3, -0.25) is 0 Å². The van der Waals surface area contributed by atoms with Gasteiger partial charge >= 0.3 is 0 Å². The average molecular weight is 256 g/mol. The van der Waals surface area contributed by atoms with Gasteiger partial charge in [-0.25, -0.2) is 0 Å². The standard InChI is InChI=1S/C12H11Cl2NO/c1-3-10-7(2)12(15-16-10)11-8(13)5-4-6-9(11)14/h4-6H,3H2,1-2H3. The Balaban J connectivity index is 2.63. The molecule has 16 heavy (non-hydrogen) atoms. The maximum Gasteiger partial charge on any atom is 0.140 e. The highest BCUT2D eigenvalue weighted by atomic mass is 35.5. The van der Waals surface area contributed by atoms with Gasteiger partial charge in [-0.1, -0.05) is 41.3 Å². The minimum atomic E-state index is 0.589. The normalized spacial score (nSPS) is 10.8. The molecular weight excluding hydrogens is 245 g/mol. The van der Waals surface area contributed by atoms with Crippen molar-refractivity contribution in [1.82, 2.24) is 5.16 Å². The summed E-state index contributed by atoms with van der Waals surface area (Å²) in [6.45, 7) is 3.98. The van der Waals surface area contributed by atoms with E-state index in [0.717, 1.165) is 29.0 Å². The van der Waals surface area contributed by atoms with Crippen LogP contribution >= 0.6 is 23.2 Å². The van der Waals surface area contributed by atoms with E-state index in [0.29, 0.717) is 10.0 Å². The Morgan fingerprint density at radius 1 is 1.25 bits per heavy atom. The summed E-state index contributed by atoms with van der Waals surface area (Å²) in [5.41, 5.74) is 2.47. The summed E-state index contributed by atoms with van der Waals surface area (Å²) in [5.74, 6) is 0.867. The van der Waals surface area contributed by atoms with E-state index in [1.165, 1.54) is 0 Å². The Bertz CT molecular complexity index is 499. The van der Waals surface area contributed by atoms with E-state index in [1.807, 2.05) is 19.9 Å². The summed E-state index contributed by atoms with van der Waals surface area (Å²) < 4.78 is 5.24. The molecule has 0 radical (unpaired) electrons. The van der Waals surface area contributed by atoms with Crippen LogP contribution in [0.15, 0.2) is 22.7 Å². The number of aromatic nitrogens is 1. The molecule has 0 aliphatic carbocycles. The lowest BCUT2D eigenvalue weighted by atomic mass is 10.1. The number of hydrogen-bond donors (Lipinski definition) is 0. The average Bonchev–Trinajstić information content (AvgIpc) is 2.60. The summed E-state index contributed by atoms with van der Waals surface area (Å²) in [6, 6.07) is 5.40. The van der Waals surface area contributed by atoms with E-state index in [2.05, 4.69) is 5.16 Å². The molecule has 4 heteroatoms. The van der Waals surface area contributed by atoms with Crippen LogP contribution < -0.4 is 0 Å². The van der Waals surface area contributed by atoms with Crippen LogP contribution in [0, 0.1) is 6.92 Å². The third-order valence-corrected chi connectivity index (χ3v) is 3.17. The number of halogens is 2. The van der Waals surface area contributed by atoms with E-state index in [9.17, 15) is 0 Å². The van der Waals surface area contributed by atoms with Crippen molar-refractivity contribution in [2.24, 2.45) is 0 Å². The highest BCUT2D eigenvalue weighted by Gasteiger charge is 2.17. The van der Waals surface area contributed by atoms with Gasteiger partial charge in [0.15, 0.2) is 0 Å². The number of hydrogen-bond acceptors (Lipinski definition) is 2. The van der Waals surface area contributed by atoms with Crippen LogP contribution in [0.4, 0.5) is 0 Å². The summed E-state index contributed by atoms with van der Waals surface area (Å²) in [6.07, 6.45) is 0.806. The van der Waals surface area contributed by atoms with Crippen molar-refractivity contribution >= 4 is 23.2 Å². The van der Waals surface area contributed by atoms with Crippen LogP contribution in [0.25, 0.3) is 11.3 Å². The van der Waals surface area contributed by atoms with E-state index in [1.54, 1.807) is 12.1 Å². The number of rotatable bonds is 2. The largest absolute Gasteiger partial charge is 0.361 e. The van der Waals surface area contributed by atoms with Gasteiger partial charge in [-0.05, 0) is 19.1 Å². The molecule has 1 heterocycles. The molecule has 0 saturated carbocycles. The second kappa shape index (κ2) is 4.48. The van der Waals surface area contributed by atoms with Crippen LogP contribution in [0.3, 0.4) is 0 Å². The van der Waals surface area contributed by atoms with Crippen molar-refractivity contribution in [2.45, 2.75) is 20.3 Å². The lowest BCUT2D eigenvalue weighted by Crippen LogP contribution is -1.85. The Morgan fingerprint density at radius 3 is 2.38 bits per heavy atom. The van der Waals surface area contributed by atoms with E-state index >= 15 is 0 Å². The minimum absolute atomic E-state index is 0.589. The molecule has 2 aromatic rings. The van der Waals surface area contributed by atoms with Gasteiger partial charge in [0.2, 0.25) is 0 Å². The van der Waals surface area contributed by atoms with Crippen LogP contribution in [0.2, 0.25) is 10.0 Å². The molecule has 0 bridgehead atoms. The van der Waals surface area contributed by atoms with Crippen molar-refractivity contribution in [3.63, 3.8) is 0 Å². The summed E-state index contributed by atoms with van der Waals surface area (Å²) in [5, 5.41) is 5.21. The van der Waals surface area contributed by atoms with Crippen LogP contribution in [0.5, 0.6) is 0 Å². The lowest BCUT2D eigenvalue weighted by molar-refractivity contribution is 0.388. The van der Waals surface area contributed by atoms with Gasteiger partial charge in [0.05, 0.1) is 10.0 Å². The van der Waals surface area contributed by atoms with E-state index in [4.69, 9.17) is 27.7 Å². The minimum Gasteiger partial charge on any atom is -0.361 e. The first-order chi connectivity index (χ1) is 7.65. The fraction of sp³-hybridized carbons (Fsp3) is 0.250. The maximum atomic E-state index is 6.12. The first-order valence-corrected chi connectivity index (χ1v) is 5.80. The molecule has 0 fully saturated rings. The number of nitrogens with zero attached hydrogens (tertiary/aromatic N) is 1. The van der Waals surface area contributed by atoms with Gasteiger partial charge in [0, 0.05) is 17.5 Å². The first-order valence-electron chi connectivity index (χ1n) is 5.04. The van der Waals surface area contributed by atoms with Gasteiger partial charge in [0.25, 0.3) is 0 Å². The van der Waals surface area contributed by atoms with Crippen molar-refractivity contribution in [3.05, 3.63) is 39.6 Å². The van der Waals surface area contributed by atoms with E-state index < -0.39 is 0 Å². The SMILES string of the molecule is CCc1onc(-c2c(Cl)cccc2Cl)c1C. The monoisotopic (exact) mass is 255 g/mol. The molecule has 0 amide bonds. The second-order valence-electron chi connectivity index (χ2n) is 3.53. The quantitative estimate of drug-likeness (QED) is 0.789. The van der Waals surface area contributed by atoms with Crippen LogP contribution in [0.1, 0.15) is 18.2 Å². The Hall–Kier alpha value is -0.990. The molecule has 1 aromatic heterocycles. The fourth-order valence-corrected chi connectivity index (χ4v) is 2.23. The molecule has 2 nitrogen and oxygen atoms in total. The summed E-state index contributed by atoms with van der Waals surface area (Å²) >= 11 is 12.2. The predicted molar refractivity (Wildman–Crippen MR) is 66.1 cm³/mol. The molecule has 0 aliphatic rings. The molecule has 84 valence electrons. The molecule has 1 aromatic carbocycles. The summed E-state index contributed by atoms with van der Waals surface area (Å²) in [7, 11) is 0. The van der Waals surface area contributed by atoms with Gasteiger partial charge < -0.3 is 4.52 Å². The summed E-state index contributed by atoms with van der Waals surface area (Å²) in [4.78, 5) is 0. The molecule has 0 spiro atoms. The Labute approximate surface area is 104 Å². The molecule has 0 atom stereocenters. The number of benzene rings is 1. The fourth-order valence-electron chi connectivity index (χ4n) is 1.66. The molecule has 0 saturated heterocycles. The third-order valence-electron chi connectivity index (χ3n) is 2.54. The molecule has 2 rings (SSSR count). The first kappa shape index (κ1) is 11.5. The van der Waals surface area contributed by atoms with E-state index in [-0.39, 0.29) is 0 Å². The van der Waals surface area contributed by atoms with Crippen LogP contribution in [-0.2, 0) is 6.42 Å². The maximum absolute atomic E-state index is 6.12. The highest BCUT2D eigenvalue weighted by Crippen LogP contribution is 2.36. The second-order valence-corrected chi connectivity index (χ2v) is 4.34. The number of aryl methyl sites for hydroxylation is 1. The Morgan fingerprint density at radius 2 is 1.88 bits per heavy atom. The van der Waals surface area contributed by atoms with Crippen molar-refractivity contribution < 1.29 is 4.52 Å². The van der Waals surface area contributed by atoms with Gasteiger partial charge in [-0.15, -0.1) is 0 Å². The van der Waals surface area contributed by atoms with Crippen molar-refractivity contribution in [3.8, 4) is 11.3 Å². The molecular formula is C12H11Cl2NO. The smallest absolute Gasteiger partial charge is 0.140 e. The lowest BCUT2D eigenvalue weighted by Gasteiger charge is -2.03. The molecule has 0 aliphatic heterocycles. The van der Waals surface area contributed by atoms with Gasteiger partial charge in [0.1, 0.15) is 11.5 Å². The Kier molecular flexibility index (Phi) is 3.22. The van der Waals surface area contributed by atoms with Gasteiger partial charge in [-0.2, -0.15) is 0 Å². The molecule has 0 N–H and O–H groups in total. The zero-order chi connectivity index (χ0) is 11.7. The predicted octanol–water partition coefficient (Wildman–Crippen LogP) is 4.52. The van der Waals surface area contributed by atoms with Crippen LogP contribution in [-0.4, -0.2) is 5.16 Å². The highest BCUT2D eigenvalue weighted by molar-refractivity contribution is 6.39. The zero-order valence-electron chi connectivity index (χ0n) is 9.05. The van der Waals surface area contributed by atoms with Crippen molar-refractivity contribution in [1.29, 1.82) is 0 Å². The topological polar surface area (TPSA) is 26.0 Å².